The molecule has 0 saturated heterocycles. The van der Waals surface area contributed by atoms with Crippen molar-refractivity contribution in [2.75, 3.05) is 12.4 Å². The molecule has 1 aromatic carbocycles. The maximum absolute atomic E-state index is 12.1. The molecule has 0 bridgehead atoms. The van der Waals surface area contributed by atoms with E-state index in [0.717, 1.165) is 0 Å². The van der Waals surface area contributed by atoms with Crippen molar-refractivity contribution in [3.8, 4) is 5.75 Å². The number of rotatable bonds is 4. The minimum atomic E-state index is -0.570. The molecular formula is C13H10BrN3O4. The first-order valence-electron chi connectivity index (χ1n) is 5.76. The Morgan fingerprint density at radius 3 is 2.71 bits per heavy atom. The molecule has 21 heavy (non-hydrogen) atoms. The summed E-state index contributed by atoms with van der Waals surface area (Å²) in [5.74, 6) is -0.381. The van der Waals surface area contributed by atoms with Crippen LogP contribution in [0.25, 0.3) is 0 Å². The number of amides is 1. The topological polar surface area (TPSA) is 94.4 Å². The Bertz CT molecular complexity index is 688. The van der Waals surface area contributed by atoms with E-state index in [-0.39, 0.29) is 17.0 Å². The van der Waals surface area contributed by atoms with Gasteiger partial charge < -0.3 is 10.1 Å². The lowest BCUT2D eigenvalue weighted by molar-refractivity contribution is -0.385. The van der Waals surface area contributed by atoms with E-state index in [4.69, 9.17) is 4.74 Å². The maximum Gasteiger partial charge on any atom is 0.310 e. The third kappa shape index (κ3) is 3.54. The third-order valence-corrected chi connectivity index (χ3v) is 3.09. The number of ether oxygens (including phenoxy) is 1. The summed E-state index contributed by atoms with van der Waals surface area (Å²) in [5.41, 5.74) is 0.570. The summed E-state index contributed by atoms with van der Waals surface area (Å²) >= 11 is 3.19. The summed E-state index contributed by atoms with van der Waals surface area (Å²) in [6.07, 6.45) is 1.49. The van der Waals surface area contributed by atoms with Crippen molar-refractivity contribution in [1.82, 2.24) is 4.98 Å². The molecule has 108 valence electrons. The van der Waals surface area contributed by atoms with Crippen molar-refractivity contribution in [1.29, 1.82) is 0 Å². The van der Waals surface area contributed by atoms with Crippen molar-refractivity contribution in [2.45, 2.75) is 0 Å². The van der Waals surface area contributed by atoms with Crippen molar-refractivity contribution >= 4 is 33.2 Å². The van der Waals surface area contributed by atoms with Gasteiger partial charge in [-0.05, 0) is 34.1 Å². The largest absolute Gasteiger partial charge is 0.490 e. The quantitative estimate of drug-likeness (QED) is 0.519. The van der Waals surface area contributed by atoms with Gasteiger partial charge in [0.05, 0.1) is 23.9 Å². The predicted octanol–water partition coefficient (Wildman–Crippen LogP) is 3.01. The Labute approximate surface area is 128 Å². The van der Waals surface area contributed by atoms with Crippen molar-refractivity contribution in [2.24, 2.45) is 0 Å². The van der Waals surface area contributed by atoms with Gasteiger partial charge in [-0.1, -0.05) is 0 Å². The number of aromatic nitrogens is 1. The van der Waals surface area contributed by atoms with Crippen LogP contribution in [0.4, 0.5) is 11.4 Å². The lowest BCUT2D eigenvalue weighted by Crippen LogP contribution is -2.12. The van der Waals surface area contributed by atoms with E-state index < -0.39 is 10.8 Å². The first-order chi connectivity index (χ1) is 10.0. The summed E-state index contributed by atoms with van der Waals surface area (Å²) in [7, 11) is 1.31. The Balaban J connectivity index is 2.23. The van der Waals surface area contributed by atoms with Crippen molar-refractivity contribution in [3.05, 3.63) is 56.8 Å². The molecule has 2 rings (SSSR count). The molecule has 1 aromatic heterocycles. The van der Waals surface area contributed by atoms with Crippen LogP contribution in [0, 0.1) is 10.1 Å². The van der Waals surface area contributed by atoms with Gasteiger partial charge in [0, 0.05) is 17.7 Å². The van der Waals surface area contributed by atoms with E-state index in [0.29, 0.717) is 10.3 Å². The Kier molecular flexibility index (Phi) is 4.49. The smallest absolute Gasteiger partial charge is 0.310 e. The van der Waals surface area contributed by atoms with Gasteiger partial charge in [0.15, 0.2) is 5.75 Å². The SMILES string of the molecule is COc1cc(C(=O)Nc2ccc(Br)nc2)ccc1[N+](=O)[O-]. The number of nitro groups is 1. The minimum absolute atomic E-state index is 0.0292. The third-order valence-electron chi connectivity index (χ3n) is 2.62. The molecule has 7 nitrogen and oxygen atoms in total. The van der Waals surface area contributed by atoms with Crippen LogP contribution in [-0.4, -0.2) is 22.9 Å². The van der Waals surface area contributed by atoms with E-state index in [1.165, 1.54) is 31.5 Å². The molecule has 8 heteroatoms. The van der Waals surface area contributed by atoms with Crippen molar-refractivity contribution in [3.63, 3.8) is 0 Å². The molecule has 0 aliphatic rings. The summed E-state index contributed by atoms with van der Waals surface area (Å²) in [5, 5.41) is 13.4. The minimum Gasteiger partial charge on any atom is -0.490 e. The summed E-state index contributed by atoms with van der Waals surface area (Å²) in [4.78, 5) is 26.3. The van der Waals surface area contributed by atoms with Gasteiger partial charge in [-0.3, -0.25) is 14.9 Å². The van der Waals surface area contributed by atoms with E-state index in [9.17, 15) is 14.9 Å². The van der Waals surface area contributed by atoms with Crippen LogP contribution in [0.15, 0.2) is 41.1 Å². The molecule has 0 spiro atoms. The zero-order chi connectivity index (χ0) is 15.4. The van der Waals surface area contributed by atoms with Gasteiger partial charge in [-0.15, -0.1) is 0 Å². The Morgan fingerprint density at radius 2 is 2.14 bits per heavy atom. The lowest BCUT2D eigenvalue weighted by Gasteiger charge is -2.07. The molecule has 1 N–H and O–H groups in total. The van der Waals surface area contributed by atoms with Crippen LogP contribution in [0.2, 0.25) is 0 Å². The van der Waals surface area contributed by atoms with E-state index in [1.807, 2.05) is 0 Å². The normalized spacial score (nSPS) is 10.0. The van der Waals surface area contributed by atoms with Crippen LogP contribution in [-0.2, 0) is 0 Å². The number of nitrogens with one attached hydrogen (secondary N) is 1. The Hall–Kier alpha value is -2.48. The molecule has 0 unspecified atom stereocenters. The summed E-state index contributed by atoms with van der Waals surface area (Å²) in [6.45, 7) is 0. The average Bonchev–Trinajstić information content (AvgIpc) is 2.48. The number of halogens is 1. The number of benzene rings is 1. The standard InChI is InChI=1S/C13H10BrN3O4/c1-21-11-6-8(2-4-10(11)17(19)20)13(18)16-9-3-5-12(14)15-7-9/h2-7H,1H3,(H,16,18). The second kappa shape index (κ2) is 6.31. The molecule has 0 atom stereocenters. The number of hydrogen-bond acceptors (Lipinski definition) is 5. The monoisotopic (exact) mass is 351 g/mol. The fourth-order valence-electron chi connectivity index (χ4n) is 1.62. The van der Waals surface area contributed by atoms with Crippen LogP contribution in [0.5, 0.6) is 5.75 Å². The van der Waals surface area contributed by atoms with E-state index in [1.54, 1.807) is 12.1 Å². The number of pyridine rings is 1. The van der Waals surface area contributed by atoms with Crippen LogP contribution in [0.3, 0.4) is 0 Å². The zero-order valence-corrected chi connectivity index (χ0v) is 12.5. The second-order valence-electron chi connectivity index (χ2n) is 3.97. The maximum atomic E-state index is 12.1. The van der Waals surface area contributed by atoms with Crippen LogP contribution < -0.4 is 10.1 Å². The molecule has 0 aliphatic heterocycles. The fourth-order valence-corrected chi connectivity index (χ4v) is 1.86. The molecule has 1 amide bonds. The van der Waals surface area contributed by atoms with Gasteiger partial charge in [-0.2, -0.15) is 0 Å². The number of nitro benzene ring substituents is 1. The van der Waals surface area contributed by atoms with Gasteiger partial charge in [-0.25, -0.2) is 4.98 Å². The molecule has 0 fully saturated rings. The van der Waals surface area contributed by atoms with Gasteiger partial charge >= 0.3 is 5.69 Å². The highest BCUT2D eigenvalue weighted by molar-refractivity contribution is 9.10. The van der Waals surface area contributed by atoms with Crippen LogP contribution in [0.1, 0.15) is 10.4 Å². The number of anilines is 1. The molecular weight excluding hydrogens is 342 g/mol. The molecule has 0 radical (unpaired) electrons. The number of carbonyl (C=O) groups excluding carboxylic acids is 1. The van der Waals surface area contributed by atoms with E-state index in [2.05, 4.69) is 26.2 Å². The number of methoxy groups -OCH3 is 1. The predicted molar refractivity (Wildman–Crippen MR) is 79.5 cm³/mol. The van der Waals surface area contributed by atoms with E-state index >= 15 is 0 Å². The number of nitrogens with zero attached hydrogens (tertiary/aromatic N) is 2. The highest BCUT2D eigenvalue weighted by Crippen LogP contribution is 2.27. The molecule has 1 heterocycles. The van der Waals surface area contributed by atoms with Gasteiger partial charge in [0.2, 0.25) is 0 Å². The lowest BCUT2D eigenvalue weighted by atomic mass is 10.1. The number of carbonyl (C=O) groups is 1. The fraction of sp³-hybridized carbons (Fsp3) is 0.0769. The zero-order valence-electron chi connectivity index (χ0n) is 10.9. The Morgan fingerprint density at radius 1 is 1.38 bits per heavy atom. The first-order valence-corrected chi connectivity index (χ1v) is 6.56. The van der Waals surface area contributed by atoms with Crippen LogP contribution >= 0.6 is 15.9 Å². The highest BCUT2D eigenvalue weighted by atomic mass is 79.9. The summed E-state index contributed by atoms with van der Waals surface area (Å²) in [6, 6.07) is 7.28. The second-order valence-corrected chi connectivity index (χ2v) is 4.78. The van der Waals surface area contributed by atoms with Gasteiger partial charge in [0.1, 0.15) is 4.60 Å². The molecule has 0 aliphatic carbocycles. The van der Waals surface area contributed by atoms with Crippen molar-refractivity contribution < 1.29 is 14.5 Å². The first kappa shape index (κ1) is 14.9. The summed E-state index contributed by atoms with van der Waals surface area (Å²) < 4.78 is 5.57. The number of hydrogen-bond donors (Lipinski definition) is 1. The molecule has 2 aromatic rings. The highest BCUT2D eigenvalue weighted by Gasteiger charge is 2.17. The average molecular weight is 352 g/mol. The molecule has 0 saturated carbocycles. The van der Waals surface area contributed by atoms with Gasteiger partial charge in [0.25, 0.3) is 5.91 Å².